The summed E-state index contributed by atoms with van der Waals surface area (Å²) in [7, 11) is 1.67. The number of hydrogen-bond donors (Lipinski definition) is 0. The Morgan fingerprint density at radius 3 is 2.11 bits per heavy atom. The molecule has 4 rings (SSSR count). The van der Waals surface area contributed by atoms with E-state index in [2.05, 4.69) is 37.8 Å². The minimum absolute atomic E-state index is 0.205. The van der Waals surface area contributed by atoms with E-state index < -0.39 is 5.41 Å². The minimum Gasteiger partial charge on any atom is -0.497 e. The molecule has 0 unspecified atom stereocenters. The summed E-state index contributed by atoms with van der Waals surface area (Å²) in [6.45, 7) is 9.41. The van der Waals surface area contributed by atoms with Gasteiger partial charge in [-0.15, -0.1) is 0 Å². The summed E-state index contributed by atoms with van der Waals surface area (Å²) in [5.41, 5.74) is 0.0570. The molecule has 3 aliphatic rings. The molecule has 1 aromatic carbocycles. The lowest BCUT2D eigenvalue weighted by Gasteiger charge is -2.44. The zero-order valence-corrected chi connectivity index (χ0v) is 16.9. The molecule has 1 aromatic rings. The van der Waals surface area contributed by atoms with Crippen molar-refractivity contribution in [2.45, 2.75) is 40.0 Å². The molecular formula is C22H30N2O3. The van der Waals surface area contributed by atoms with Gasteiger partial charge < -0.3 is 14.5 Å². The van der Waals surface area contributed by atoms with Gasteiger partial charge in [0.05, 0.1) is 12.5 Å². The van der Waals surface area contributed by atoms with E-state index in [1.165, 1.54) is 0 Å². The predicted molar refractivity (Wildman–Crippen MR) is 105 cm³/mol. The Labute approximate surface area is 161 Å². The van der Waals surface area contributed by atoms with Crippen molar-refractivity contribution in [3.8, 4) is 5.75 Å². The van der Waals surface area contributed by atoms with Gasteiger partial charge in [-0.3, -0.25) is 9.59 Å². The van der Waals surface area contributed by atoms with Gasteiger partial charge in [-0.05, 0) is 42.5 Å². The lowest BCUT2D eigenvalue weighted by molar-refractivity contribution is -0.148. The van der Waals surface area contributed by atoms with E-state index in [-0.39, 0.29) is 22.5 Å². The predicted octanol–water partition coefficient (Wildman–Crippen LogP) is 3.13. The van der Waals surface area contributed by atoms with Crippen molar-refractivity contribution >= 4 is 17.4 Å². The molecule has 3 fully saturated rings. The van der Waals surface area contributed by atoms with Crippen molar-refractivity contribution < 1.29 is 14.3 Å². The van der Waals surface area contributed by atoms with E-state index in [9.17, 15) is 9.59 Å². The maximum atomic E-state index is 13.5. The third kappa shape index (κ3) is 2.36. The molecule has 2 bridgehead atoms. The molecule has 2 atom stereocenters. The monoisotopic (exact) mass is 370 g/mol. The highest BCUT2D eigenvalue weighted by Gasteiger charge is 2.73. The number of anilines is 1. The molecule has 1 heterocycles. The Morgan fingerprint density at radius 1 is 1.00 bits per heavy atom. The van der Waals surface area contributed by atoms with E-state index in [4.69, 9.17) is 4.74 Å². The van der Waals surface area contributed by atoms with Gasteiger partial charge in [-0.1, -0.05) is 20.8 Å². The van der Waals surface area contributed by atoms with Gasteiger partial charge in [0.1, 0.15) is 11.5 Å². The van der Waals surface area contributed by atoms with Crippen LogP contribution in [0.25, 0.3) is 0 Å². The molecule has 2 saturated carbocycles. The quantitative estimate of drug-likeness (QED) is 0.820. The first kappa shape index (κ1) is 18.3. The summed E-state index contributed by atoms with van der Waals surface area (Å²) in [5, 5.41) is 0. The molecule has 27 heavy (non-hydrogen) atoms. The van der Waals surface area contributed by atoms with Gasteiger partial charge >= 0.3 is 0 Å². The largest absolute Gasteiger partial charge is 0.497 e. The SMILES string of the molecule is COc1ccc(N2CCN(C(=O)[C@]34CC[C@](C)(C(=O)C3)C4(C)C)CC2)cc1. The van der Waals surface area contributed by atoms with Crippen LogP contribution in [0.4, 0.5) is 5.69 Å². The van der Waals surface area contributed by atoms with Crippen LogP contribution in [0.15, 0.2) is 24.3 Å². The highest BCUT2D eigenvalue weighted by atomic mass is 16.5. The number of nitrogens with zero attached hydrogens (tertiary/aromatic N) is 2. The lowest BCUT2D eigenvalue weighted by Crippen LogP contribution is -2.55. The topological polar surface area (TPSA) is 49.9 Å². The van der Waals surface area contributed by atoms with Gasteiger partial charge in [0, 0.05) is 43.7 Å². The van der Waals surface area contributed by atoms with Crippen LogP contribution in [-0.4, -0.2) is 49.9 Å². The maximum Gasteiger partial charge on any atom is 0.229 e. The smallest absolute Gasteiger partial charge is 0.229 e. The van der Waals surface area contributed by atoms with Gasteiger partial charge in [-0.2, -0.15) is 0 Å². The average Bonchev–Trinajstić information content (AvgIpc) is 2.98. The molecule has 146 valence electrons. The molecule has 5 nitrogen and oxygen atoms in total. The molecule has 1 amide bonds. The van der Waals surface area contributed by atoms with Crippen LogP contribution in [0.5, 0.6) is 5.75 Å². The first-order chi connectivity index (χ1) is 12.7. The van der Waals surface area contributed by atoms with Crippen LogP contribution in [0.1, 0.15) is 40.0 Å². The van der Waals surface area contributed by atoms with Crippen LogP contribution < -0.4 is 9.64 Å². The highest BCUT2D eigenvalue weighted by Crippen LogP contribution is 2.71. The summed E-state index contributed by atoms with van der Waals surface area (Å²) in [4.78, 5) is 30.5. The molecule has 1 aliphatic heterocycles. The Kier molecular flexibility index (Phi) is 4.06. The Morgan fingerprint density at radius 2 is 1.63 bits per heavy atom. The van der Waals surface area contributed by atoms with Crippen molar-refractivity contribution in [2.75, 3.05) is 38.2 Å². The number of carbonyl (C=O) groups is 2. The number of carbonyl (C=O) groups excluding carboxylic acids is 2. The van der Waals surface area contributed by atoms with Crippen LogP contribution in [0.3, 0.4) is 0 Å². The number of amides is 1. The van der Waals surface area contributed by atoms with Crippen LogP contribution in [-0.2, 0) is 9.59 Å². The van der Waals surface area contributed by atoms with Crippen molar-refractivity contribution in [1.82, 2.24) is 4.90 Å². The lowest BCUT2D eigenvalue weighted by atomic mass is 9.64. The van der Waals surface area contributed by atoms with Crippen molar-refractivity contribution in [3.05, 3.63) is 24.3 Å². The average molecular weight is 370 g/mol. The summed E-state index contributed by atoms with van der Waals surface area (Å²) in [5.74, 6) is 1.34. The third-order valence-corrected chi connectivity index (χ3v) is 8.12. The van der Waals surface area contributed by atoms with Gasteiger partial charge in [-0.25, -0.2) is 0 Å². The first-order valence-electron chi connectivity index (χ1n) is 9.97. The molecule has 2 aliphatic carbocycles. The number of fused-ring (bicyclic) bond motifs is 2. The van der Waals surface area contributed by atoms with Crippen molar-refractivity contribution in [2.24, 2.45) is 16.2 Å². The molecule has 1 saturated heterocycles. The highest BCUT2D eigenvalue weighted by molar-refractivity contribution is 5.99. The number of hydrogen-bond acceptors (Lipinski definition) is 4. The molecule has 0 radical (unpaired) electrons. The fourth-order valence-corrected chi connectivity index (χ4v) is 5.60. The van der Waals surface area contributed by atoms with Crippen molar-refractivity contribution in [3.63, 3.8) is 0 Å². The summed E-state index contributed by atoms with van der Waals surface area (Å²) >= 11 is 0. The minimum atomic E-state index is -0.499. The van der Waals surface area contributed by atoms with E-state index in [0.29, 0.717) is 19.5 Å². The number of ether oxygens (including phenoxy) is 1. The number of rotatable bonds is 3. The molecule has 0 aromatic heterocycles. The van der Waals surface area contributed by atoms with Crippen molar-refractivity contribution in [1.29, 1.82) is 0 Å². The van der Waals surface area contributed by atoms with Crippen LogP contribution in [0.2, 0.25) is 0 Å². The Balaban J connectivity index is 1.47. The van der Waals surface area contributed by atoms with Crippen LogP contribution in [0, 0.1) is 16.2 Å². The number of Topliss-reactive ketones (excluding diaryl/α,β-unsaturated/α-hetero) is 1. The molecular weight excluding hydrogens is 340 g/mol. The van der Waals surface area contributed by atoms with Gasteiger partial charge in [0.25, 0.3) is 0 Å². The molecule has 0 spiro atoms. The third-order valence-electron chi connectivity index (χ3n) is 8.12. The summed E-state index contributed by atoms with van der Waals surface area (Å²) in [6, 6.07) is 8.07. The van der Waals surface area contributed by atoms with E-state index in [1.807, 2.05) is 17.0 Å². The molecule has 5 heteroatoms. The summed E-state index contributed by atoms with van der Waals surface area (Å²) < 4.78 is 5.23. The number of piperazine rings is 1. The van der Waals surface area contributed by atoms with Gasteiger partial charge in [0.15, 0.2) is 0 Å². The van der Waals surface area contributed by atoms with E-state index in [1.54, 1.807) is 7.11 Å². The first-order valence-corrected chi connectivity index (χ1v) is 9.97. The second kappa shape index (κ2) is 5.98. The normalized spacial score (nSPS) is 32.1. The fourth-order valence-electron chi connectivity index (χ4n) is 5.60. The zero-order valence-electron chi connectivity index (χ0n) is 16.9. The second-order valence-electron chi connectivity index (χ2n) is 9.12. The van der Waals surface area contributed by atoms with E-state index in [0.717, 1.165) is 37.4 Å². The number of ketones is 1. The number of methoxy groups -OCH3 is 1. The standard InChI is InChI=1S/C22H30N2O3/c1-20(2)21(3)9-10-22(20,15-18(21)25)19(26)24-13-11-23(12-14-24)16-5-7-17(27-4)8-6-16/h5-8H,9-15H2,1-4H3/t21-,22+/m1/s1. The Bertz CT molecular complexity index is 764. The second-order valence-corrected chi connectivity index (χ2v) is 9.12. The fraction of sp³-hybridized carbons (Fsp3) is 0.636. The van der Waals surface area contributed by atoms with Crippen LogP contribution >= 0.6 is 0 Å². The maximum absolute atomic E-state index is 13.5. The van der Waals surface area contributed by atoms with E-state index >= 15 is 0 Å². The summed E-state index contributed by atoms with van der Waals surface area (Å²) in [6.07, 6.45) is 2.12. The Hall–Kier alpha value is -2.04. The van der Waals surface area contributed by atoms with Gasteiger partial charge in [0.2, 0.25) is 5.91 Å². The molecule has 0 N–H and O–H groups in total. The number of benzene rings is 1. The zero-order chi connectivity index (χ0) is 19.4.